The van der Waals surface area contributed by atoms with Gasteiger partial charge in [-0.15, -0.1) is 0 Å². The highest BCUT2D eigenvalue weighted by Crippen LogP contribution is 2.34. The van der Waals surface area contributed by atoms with E-state index in [2.05, 4.69) is 22.6 Å². The summed E-state index contributed by atoms with van der Waals surface area (Å²) in [6.45, 7) is 5.14. The number of rotatable bonds is 5. The van der Waals surface area contributed by atoms with Gasteiger partial charge in [-0.3, -0.25) is 4.79 Å². The second-order valence-electron chi connectivity index (χ2n) is 5.87. The third-order valence-corrected chi connectivity index (χ3v) is 4.49. The Bertz CT molecular complexity index is 483. The minimum Gasteiger partial charge on any atom is -0.366 e. The molecular weight excluding hydrogens is 383 g/mol. The summed E-state index contributed by atoms with van der Waals surface area (Å²) < 4.78 is 12.4. The molecule has 0 bridgehead atoms. The fraction of sp³-hybridized carbons (Fsp3) is 0.562. The first kappa shape index (κ1) is 16.9. The highest BCUT2D eigenvalue weighted by Gasteiger charge is 2.47. The average molecular weight is 404 g/mol. The molecule has 21 heavy (non-hydrogen) atoms. The number of carbonyl (C=O) groups is 1. The van der Waals surface area contributed by atoms with Crippen LogP contribution in [0, 0.1) is 5.92 Å². The first-order chi connectivity index (χ1) is 9.83. The van der Waals surface area contributed by atoms with Crippen molar-refractivity contribution in [1.29, 1.82) is 0 Å². The van der Waals surface area contributed by atoms with E-state index in [9.17, 15) is 9.90 Å². The summed E-state index contributed by atoms with van der Waals surface area (Å²) >= 11 is 2.25. The van der Waals surface area contributed by atoms with Crippen molar-refractivity contribution in [2.75, 3.05) is 4.43 Å². The number of aliphatic hydroxyl groups is 1. The van der Waals surface area contributed by atoms with Crippen LogP contribution in [0.2, 0.25) is 0 Å². The summed E-state index contributed by atoms with van der Waals surface area (Å²) in [4.78, 5) is 12.7. The highest BCUT2D eigenvalue weighted by atomic mass is 127. The van der Waals surface area contributed by atoms with E-state index in [1.165, 1.54) is 0 Å². The molecule has 1 aliphatic rings. The number of Topliss-reactive ketones (excluding diaryl/α,β-unsaturated/α-hetero) is 1. The molecule has 1 heterocycles. The zero-order chi connectivity index (χ0) is 15.6. The summed E-state index contributed by atoms with van der Waals surface area (Å²) in [7, 11) is 0. The van der Waals surface area contributed by atoms with Crippen LogP contribution in [0.4, 0.5) is 0 Å². The normalized spacial score (nSPS) is 29.6. The van der Waals surface area contributed by atoms with Gasteiger partial charge in [0.25, 0.3) is 0 Å². The Morgan fingerprint density at radius 1 is 1.38 bits per heavy atom. The fourth-order valence-electron chi connectivity index (χ4n) is 2.53. The Morgan fingerprint density at radius 2 is 2.00 bits per heavy atom. The first-order valence-corrected chi connectivity index (χ1v) is 8.57. The lowest BCUT2D eigenvalue weighted by Crippen LogP contribution is -2.41. The van der Waals surface area contributed by atoms with Crippen LogP contribution in [0.3, 0.4) is 0 Å². The summed E-state index contributed by atoms with van der Waals surface area (Å²) in [5, 5.41) is 9.93. The molecule has 1 aromatic rings. The zero-order valence-corrected chi connectivity index (χ0v) is 14.6. The van der Waals surface area contributed by atoms with Crippen molar-refractivity contribution in [2.45, 2.75) is 44.9 Å². The van der Waals surface area contributed by atoms with Crippen molar-refractivity contribution in [3.05, 3.63) is 35.9 Å². The number of carbonyl (C=O) groups excluding carboxylic acids is 1. The number of halogens is 1. The minimum absolute atomic E-state index is 0.0457. The van der Waals surface area contributed by atoms with Gasteiger partial charge in [0.15, 0.2) is 11.6 Å². The molecule has 1 fully saturated rings. The Hall–Kier alpha value is -0.500. The van der Waals surface area contributed by atoms with E-state index in [4.69, 9.17) is 9.47 Å². The van der Waals surface area contributed by atoms with Crippen LogP contribution >= 0.6 is 22.6 Å². The standard InChI is InChI=1S/C16H21IO4/c1-10-12(9-17)20-15(14(10)21-16(2,3)19)13(18)11-7-5-4-6-8-11/h4-8,10,12,14-15,19H,9H2,1-3H3/t10-,12-,14?,15+/m1/s1. The lowest BCUT2D eigenvalue weighted by molar-refractivity contribution is -0.216. The summed E-state index contributed by atoms with van der Waals surface area (Å²) in [5.41, 5.74) is 0.605. The third kappa shape index (κ3) is 4.03. The van der Waals surface area contributed by atoms with Crippen LogP contribution in [0.5, 0.6) is 0 Å². The van der Waals surface area contributed by atoms with E-state index in [1.807, 2.05) is 25.1 Å². The van der Waals surface area contributed by atoms with Gasteiger partial charge in [0.2, 0.25) is 0 Å². The number of hydrogen-bond donors (Lipinski definition) is 1. The zero-order valence-electron chi connectivity index (χ0n) is 12.5. The van der Waals surface area contributed by atoms with E-state index >= 15 is 0 Å². The molecule has 4 atom stereocenters. The molecule has 5 heteroatoms. The van der Waals surface area contributed by atoms with Crippen LogP contribution in [-0.2, 0) is 9.47 Å². The van der Waals surface area contributed by atoms with Crippen molar-refractivity contribution in [1.82, 2.24) is 0 Å². The predicted octanol–water partition coefficient (Wildman–Crippen LogP) is 2.82. The molecule has 2 rings (SSSR count). The molecule has 1 saturated heterocycles. The average Bonchev–Trinajstić information content (AvgIpc) is 2.74. The van der Waals surface area contributed by atoms with Crippen molar-refractivity contribution in [3.8, 4) is 0 Å². The molecule has 1 aromatic carbocycles. The lowest BCUT2D eigenvalue weighted by atomic mass is 9.94. The van der Waals surface area contributed by atoms with Gasteiger partial charge >= 0.3 is 0 Å². The van der Waals surface area contributed by atoms with Gasteiger partial charge < -0.3 is 14.6 Å². The van der Waals surface area contributed by atoms with Crippen LogP contribution in [0.1, 0.15) is 31.1 Å². The molecule has 0 amide bonds. The van der Waals surface area contributed by atoms with Gasteiger partial charge in [-0.25, -0.2) is 0 Å². The first-order valence-electron chi connectivity index (χ1n) is 7.04. The quantitative estimate of drug-likeness (QED) is 0.355. The van der Waals surface area contributed by atoms with E-state index in [0.29, 0.717) is 5.56 Å². The van der Waals surface area contributed by atoms with Crippen LogP contribution < -0.4 is 0 Å². The van der Waals surface area contributed by atoms with Gasteiger partial charge in [0.05, 0.1) is 12.2 Å². The molecule has 0 aliphatic carbocycles. The van der Waals surface area contributed by atoms with Crippen LogP contribution in [0.15, 0.2) is 30.3 Å². The number of alkyl halides is 1. The molecule has 116 valence electrons. The second kappa shape index (κ2) is 6.73. The second-order valence-corrected chi connectivity index (χ2v) is 6.75. The molecule has 0 spiro atoms. The molecule has 0 radical (unpaired) electrons. The molecular formula is C16H21IO4. The van der Waals surface area contributed by atoms with E-state index < -0.39 is 18.0 Å². The Kier molecular flexibility index (Phi) is 5.40. The number of ether oxygens (including phenoxy) is 2. The maximum atomic E-state index is 12.7. The Balaban J connectivity index is 2.24. The number of hydrogen-bond acceptors (Lipinski definition) is 4. The molecule has 0 aromatic heterocycles. The molecule has 1 aliphatic heterocycles. The monoisotopic (exact) mass is 404 g/mol. The van der Waals surface area contributed by atoms with Gasteiger partial charge in [-0.1, -0.05) is 59.8 Å². The SMILES string of the molecule is C[C@H]1C(OC(C)(C)O)[C@H](C(=O)c2ccccc2)O[C@@H]1CI. The maximum Gasteiger partial charge on any atom is 0.194 e. The highest BCUT2D eigenvalue weighted by molar-refractivity contribution is 14.1. The molecule has 0 saturated carbocycles. The smallest absolute Gasteiger partial charge is 0.194 e. The van der Waals surface area contributed by atoms with Crippen molar-refractivity contribution in [2.24, 2.45) is 5.92 Å². The Morgan fingerprint density at radius 3 is 2.52 bits per heavy atom. The summed E-state index contributed by atoms with van der Waals surface area (Å²) in [6.07, 6.45) is -1.17. The largest absolute Gasteiger partial charge is 0.366 e. The third-order valence-electron chi connectivity index (χ3n) is 3.62. The van der Waals surface area contributed by atoms with Gasteiger partial charge in [-0.2, -0.15) is 0 Å². The molecule has 1 N–H and O–H groups in total. The van der Waals surface area contributed by atoms with E-state index in [1.54, 1.807) is 26.0 Å². The van der Waals surface area contributed by atoms with E-state index in [-0.39, 0.29) is 17.8 Å². The maximum absolute atomic E-state index is 12.7. The molecule has 4 nitrogen and oxygen atoms in total. The summed E-state index contributed by atoms with van der Waals surface area (Å²) in [6, 6.07) is 9.07. The lowest BCUT2D eigenvalue weighted by Gasteiger charge is -2.28. The number of benzene rings is 1. The van der Waals surface area contributed by atoms with Gasteiger partial charge in [0, 0.05) is 15.9 Å². The van der Waals surface area contributed by atoms with Crippen molar-refractivity contribution < 1.29 is 19.4 Å². The topological polar surface area (TPSA) is 55.8 Å². The van der Waals surface area contributed by atoms with Crippen molar-refractivity contribution in [3.63, 3.8) is 0 Å². The summed E-state index contributed by atoms with van der Waals surface area (Å²) in [5.74, 6) is -1.34. The molecule has 1 unspecified atom stereocenters. The Labute approximate surface area is 139 Å². The van der Waals surface area contributed by atoms with Gasteiger partial charge in [-0.05, 0) is 13.8 Å². The van der Waals surface area contributed by atoms with Crippen LogP contribution in [0.25, 0.3) is 0 Å². The van der Waals surface area contributed by atoms with Crippen molar-refractivity contribution >= 4 is 28.4 Å². The number of ketones is 1. The van der Waals surface area contributed by atoms with E-state index in [0.717, 1.165) is 4.43 Å². The minimum atomic E-state index is -1.29. The van der Waals surface area contributed by atoms with Crippen LogP contribution in [-0.4, -0.2) is 39.4 Å². The van der Waals surface area contributed by atoms with Gasteiger partial charge in [0.1, 0.15) is 6.10 Å². The predicted molar refractivity (Wildman–Crippen MR) is 88.7 cm³/mol. The fourth-order valence-corrected chi connectivity index (χ4v) is 3.54.